The molecule has 6 nitrogen and oxygen atoms in total. The molecule has 138 valence electrons. The first-order valence-electron chi connectivity index (χ1n) is 9.20. The third-order valence-electron chi connectivity index (χ3n) is 4.92. The van der Waals surface area contributed by atoms with Gasteiger partial charge in [0.2, 0.25) is 0 Å². The van der Waals surface area contributed by atoms with Crippen LogP contribution in [0.1, 0.15) is 15.9 Å². The third-order valence-corrected chi connectivity index (χ3v) is 4.92. The highest BCUT2D eigenvalue weighted by molar-refractivity contribution is 5.99. The van der Waals surface area contributed by atoms with Crippen molar-refractivity contribution in [2.75, 3.05) is 6.54 Å². The van der Waals surface area contributed by atoms with E-state index in [4.69, 9.17) is 4.74 Å². The lowest BCUT2D eigenvalue weighted by molar-refractivity contribution is 0.0935. The molecular weight excluding hydrogens is 352 g/mol. The van der Waals surface area contributed by atoms with Crippen LogP contribution in [0.2, 0.25) is 0 Å². The average Bonchev–Trinajstić information content (AvgIpc) is 3.36. The normalized spacial score (nSPS) is 15.2. The van der Waals surface area contributed by atoms with Crippen LogP contribution in [0.15, 0.2) is 73.1 Å². The number of benzene rings is 2. The van der Waals surface area contributed by atoms with Gasteiger partial charge in [0.15, 0.2) is 5.65 Å². The van der Waals surface area contributed by atoms with Gasteiger partial charge in [0.1, 0.15) is 17.4 Å². The third kappa shape index (κ3) is 2.89. The van der Waals surface area contributed by atoms with Gasteiger partial charge in [0.05, 0.1) is 18.4 Å². The molecule has 3 heterocycles. The molecule has 0 unspecified atom stereocenters. The first-order valence-corrected chi connectivity index (χ1v) is 9.20. The predicted molar refractivity (Wildman–Crippen MR) is 105 cm³/mol. The molecule has 0 fully saturated rings. The molecule has 1 aliphatic rings. The van der Waals surface area contributed by atoms with Crippen molar-refractivity contribution < 1.29 is 9.53 Å². The van der Waals surface area contributed by atoms with Gasteiger partial charge in [0, 0.05) is 18.2 Å². The zero-order valence-corrected chi connectivity index (χ0v) is 15.1. The van der Waals surface area contributed by atoms with E-state index in [1.54, 1.807) is 16.9 Å². The average molecular weight is 370 g/mol. The van der Waals surface area contributed by atoms with E-state index in [9.17, 15) is 4.79 Å². The Kier molecular flexibility index (Phi) is 4.01. The van der Waals surface area contributed by atoms with E-state index in [2.05, 4.69) is 21.5 Å². The Labute approximate surface area is 161 Å². The number of para-hydroxylation sites is 1. The van der Waals surface area contributed by atoms with Crippen LogP contribution in [0.25, 0.3) is 16.9 Å². The van der Waals surface area contributed by atoms with Crippen molar-refractivity contribution in [3.05, 3.63) is 84.2 Å². The Bertz CT molecular complexity index is 1130. The number of nitrogens with one attached hydrogen (secondary N) is 1. The van der Waals surface area contributed by atoms with Crippen LogP contribution in [0, 0.1) is 0 Å². The van der Waals surface area contributed by atoms with E-state index in [1.807, 2.05) is 54.6 Å². The van der Waals surface area contributed by atoms with E-state index < -0.39 is 0 Å². The molecule has 6 heteroatoms. The Balaban J connectivity index is 1.35. The number of ether oxygens (including phenoxy) is 1. The fourth-order valence-corrected chi connectivity index (χ4v) is 3.55. The molecule has 0 saturated heterocycles. The highest BCUT2D eigenvalue weighted by Crippen LogP contribution is 2.27. The number of carbonyl (C=O) groups is 1. The van der Waals surface area contributed by atoms with E-state index in [0.717, 1.165) is 23.4 Å². The van der Waals surface area contributed by atoms with Crippen molar-refractivity contribution in [1.82, 2.24) is 19.9 Å². The fraction of sp³-hybridized carbons (Fsp3) is 0.136. The number of fused-ring (bicyclic) bond motifs is 2. The van der Waals surface area contributed by atoms with E-state index in [0.29, 0.717) is 17.8 Å². The van der Waals surface area contributed by atoms with Crippen LogP contribution in [0.4, 0.5) is 0 Å². The number of nitrogens with zero attached hydrogens (tertiary/aromatic N) is 3. The molecule has 4 aromatic rings. The molecule has 2 aromatic heterocycles. The van der Waals surface area contributed by atoms with E-state index in [1.165, 1.54) is 5.56 Å². The second-order valence-corrected chi connectivity index (χ2v) is 6.75. The topological polar surface area (TPSA) is 68.5 Å². The molecule has 1 atom stereocenters. The molecule has 2 aromatic carbocycles. The van der Waals surface area contributed by atoms with Crippen LogP contribution < -0.4 is 10.1 Å². The lowest BCUT2D eigenvalue weighted by Gasteiger charge is -2.11. The maximum Gasteiger partial charge on any atom is 0.256 e. The molecule has 0 bridgehead atoms. The Morgan fingerprint density at radius 3 is 2.79 bits per heavy atom. The van der Waals surface area contributed by atoms with Gasteiger partial charge in [-0.25, -0.2) is 9.50 Å². The van der Waals surface area contributed by atoms with Gasteiger partial charge in [-0.2, -0.15) is 5.10 Å². The van der Waals surface area contributed by atoms with Gasteiger partial charge in [-0.1, -0.05) is 48.5 Å². The van der Waals surface area contributed by atoms with E-state index >= 15 is 0 Å². The molecule has 0 saturated carbocycles. The number of aromatic nitrogens is 3. The van der Waals surface area contributed by atoms with Gasteiger partial charge < -0.3 is 10.1 Å². The highest BCUT2D eigenvalue weighted by Gasteiger charge is 2.24. The largest absolute Gasteiger partial charge is 0.488 e. The quantitative estimate of drug-likeness (QED) is 0.599. The SMILES string of the molecule is O=C(NC[C@H]1Cc2ccccc2O1)c1cnn2c(-c3ccccc3)ccnc12. The standard InChI is InChI=1S/C22H18N4O2/c27-22(24-13-17-12-16-8-4-5-9-20(16)28-17)18-14-25-26-19(10-11-23-21(18)26)15-6-2-1-3-7-15/h1-11,14,17H,12-13H2,(H,24,27)/t17-/m1/s1. The maximum absolute atomic E-state index is 12.7. The summed E-state index contributed by atoms with van der Waals surface area (Å²) in [5.41, 5.74) is 4.07. The molecule has 0 aliphatic carbocycles. The van der Waals surface area contributed by atoms with Crippen LogP contribution in [-0.2, 0) is 6.42 Å². The summed E-state index contributed by atoms with van der Waals surface area (Å²) in [6, 6.07) is 19.8. The number of carbonyl (C=O) groups excluding carboxylic acids is 1. The van der Waals surface area contributed by atoms with Crippen molar-refractivity contribution >= 4 is 11.6 Å². The summed E-state index contributed by atoms with van der Waals surface area (Å²) >= 11 is 0. The second-order valence-electron chi connectivity index (χ2n) is 6.75. The van der Waals surface area contributed by atoms with Gasteiger partial charge in [-0.3, -0.25) is 4.79 Å². The van der Waals surface area contributed by atoms with Crippen molar-refractivity contribution in [1.29, 1.82) is 0 Å². The van der Waals surface area contributed by atoms with Gasteiger partial charge in [-0.05, 0) is 17.7 Å². The molecule has 1 aliphatic heterocycles. The van der Waals surface area contributed by atoms with Gasteiger partial charge in [0.25, 0.3) is 5.91 Å². The van der Waals surface area contributed by atoms with Crippen molar-refractivity contribution in [2.45, 2.75) is 12.5 Å². The summed E-state index contributed by atoms with van der Waals surface area (Å²) < 4.78 is 7.59. The minimum Gasteiger partial charge on any atom is -0.488 e. The maximum atomic E-state index is 12.7. The van der Waals surface area contributed by atoms with Crippen LogP contribution in [-0.4, -0.2) is 33.2 Å². The monoisotopic (exact) mass is 370 g/mol. The van der Waals surface area contributed by atoms with Crippen molar-refractivity contribution in [2.24, 2.45) is 0 Å². The number of amides is 1. The predicted octanol–water partition coefficient (Wildman–Crippen LogP) is 3.13. The summed E-state index contributed by atoms with van der Waals surface area (Å²) in [6.45, 7) is 0.434. The fourth-order valence-electron chi connectivity index (χ4n) is 3.55. The van der Waals surface area contributed by atoms with Crippen LogP contribution >= 0.6 is 0 Å². The summed E-state index contributed by atoms with van der Waals surface area (Å²) in [5, 5.41) is 7.35. The van der Waals surface area contributed by atoms with Crippen molar-refractivity contribution in [3.8, 4) is 17.0 Å². The minimum atomic E-state index is -0.202. The Hall–Kier alpha value is -3.67. The molecule has 1 amide bonds. The molecule has 5 rings (SSSR count). The van der Waals surface area contributed by atoms with Crippen LogP contribution in [0.3, 0.4) is 0 Å². The van der Waals surface area contributed by atoms with Crippen LogP contribution in [0.5, 0.6) is 5.75 Å². The zero-order chi connectivity index (χ0) is 18.9. The smallest absolute Gasteiger partial charge is 0.256 e. The second kappa shape index (κ2) is 6.81. The molecule has 0 radical (unpaired) electrons. The summed E-state index contributed by atoms with van der Waals surface area (Å²) in [5.74, 6) is 0.694. The Morgan fingerprint density at radius 1 is 1.11 bits per heavy atom. The molecular formula is C22H18N4O2. The molecule has 0 spiro atoms. The first kappa shape index (κ1) is 16.5. The van der Waals surface area contributed by atoms with E-state index in [-0.39, 0.29) is 12.0 Å². The number of hydrogen-bond acceptors (Lipinski definition) is 4. The molecule has 28 heavy (non-hydrogen) atoms. The zero-order valence-electron chi connectivity index (χ0n) is 15.1. The highest BCUT2D eigenvalue weighted by atomic mass is 16.5. The molecule has 1 N–H and O–H groups in total. The summed E-state index contributed by atoms with van der Waals surface area (Å²) in [4.78, 5) is 17.1. The lowest BCUT2D eigenvalue weighted by Crippen LogP contribution is -2.34. The minimum absolute atomic E-state index is 0.0592. The lowest BCUT2D eigenvalue weighted by atomic mass is 10.1. The number of rotatable bonds is 4. The first-order chi connectivity index (χ1) is 13.8. The van der Waals surface area contributed by atoms with Crippen molar-refractivity contribution in [3.63, 3.8) is 0 Å². The van der Waals surface area contributed by atoms with Gasteiger partial charge >= 0.3 is 0 Å². The summed E-state index contributed by atoms with van der Waals surface area (Å²) in [7, 11) is 0. The Morgan fingerprint density at radius 2 is 1.93 bits per heavy atom. The van der Waals surface area contributed by atoms with Gasteiger partial charge in [-0.15, -0.1) is 0 Å². The summed E-state index contributed by atoms with van der Waals surface area (Å²) in [6.07, 6.45) is 4.00. The number of hydrogen-bond donors (Lipinski definition) is 1.